The second-order valence-corrected chi connectivity index (χ2v) is 4.97. The topological polar surface area (TPSA) is 93.6 Å². The molecule has 8 heteroatoms. The molecule has 0 amide bonds. The quantitative estimate of drug-likeness (QED) is 0.525. The maximum absolute atomic E-state index is 12.6. The average Bonchev–Trinajstić information content (AvgIpc) is 3.17. The van der Waals surface area contributed by atoms with Gasteiger partial charge >= 0.3 is 6.43 Å². The minimum absolute atomic E-state index is 0.292. The number of anilines is 1. The van der Waals surface area contributed by atoms with Crippen molar-refractivity contribution in [2.24, 2.45) is 0 Å². The third kappa shape index (κ3) is 2.32. The lowest BCUT2D eigenvalue weighted by Crippen LogP contribution is -1.92. The van der Waals surface area contributed by atoms with Gasteiger partial charge in [0.25, 0.3) is 5.89 Å². The molecule has 0 aliphatic rings. The molecule has 118 valence electrons. The number of H-pyrrole nitrogens is 1. The van der Waals surface area contributed by atoms with Gasteiger partial charge in [0, 0.05) is 11.8 Å². The average molecular weight is 325 g/mol. The fraction of sp³-hybridized carbons (Fsp3) is 0.0625. The van der Waals surface area contributed by atoms with Crippen LogP contribution in [0.5, 0.6) is 0 Å². The number of oxazole rings is 1. The Kier molecular flexibility index (Phi) is 3.13. The minimum atomic E-state index is -2.75. The first kappa shape index (κ1) is 14.1. The Labute approximate surface area is 133 Å². The molecule has 0 saturated carbocycles. The zero-order valence-electron chi connectivity index (χ0n) is 12.0. The third-order valence-corrected chi connectivity index (χ3v) is 3.43. The summed E-state index contributed by atoms with van der Waals surface area (Å²) in [5.74, 6) is 5.65. The van der Waals surface area contributed by atoms with Gasteiger partial charge in [0.1, 0.15) is 23.3 Å². The molecule has 0 spiro atoms. The van der Waals surface area contributed by atoms with Crippen molar-refractivity contribution >= 4 is 28.0 Å². The predicted octanol–water partition coefficient (Wildman–Crippen LogP) is 3.02. The van der Waals surface area contributed by atoms with Crippen LogP contribution in [0.1, 0.15) is 23.4 Å². The minimum Gasteiger partial charge on any atom is -0.435 e. The number of hydrogen-bond acceptors (Lipinski definition) is 5. The van der Waals surface area contributed by atoms with Crippen LogP contribution in [0.3, 0.4) is 0 Å². The molecule has 3 heterocycles. The first-order valence-electron chi connectivity index (χ1n) is 6.90. The number of nitrogen functional groups attached to an aromatic ring is 1. The van der Waals surface area contributed by atoms with Gasteiger partial charge in [0.05, 0.1) is 10.9 Å². The first-order chi connectivity index (χ1) is 11.6. The summed E-state index contributed by atoms with van der Waals surface area (Å²) in [5, 5.41) is 0.646. The summed E-state index contributed by atoms with van der Waals surface area (Å²) >= 11 is 0. The first-order valence-corrected chi connectivity index (χ1v) is 6.90. The number of alkyl halides is 2. The lowest BCUT2D eigenvalue weighted by Gasteiger charge is -1.94. The highest BCUT2D eigenvalue weighted by Gasteiger charge is 2.15. The third-order valence-electron chi connectivity index (χ3n) is 3.43. The summed E-state index contributed by atoms with van der Waals surface area (Å²) in [6.07, 6.45) is 0.303. The molecule has 0 fully saturated rings. The van der Waals surface area contributed by atoms with E-state index in [2.05, 4.69) is 31.8 Å². The number of rotatable bonds is 1. The van der Waals surface area contributed by atoms with Crippen molar-refractivity contribution in [3.05, 3.63) is 47.7 Å². The van der Waals surface area contributed by atoms with E-state index in [1.807, 2.05) is 0 Å². The van der Waals surface area contributed by atoms with E-state index in [0.29, 0.717) is 39.1 Å². The van der Waals surface area contributed by atoms with Crippen LogP contribution >= 0.6 is 0 Å². The Balaban J connectivity index is 1.75. The summed E-state index contributed by atoms with van der Waals surface area (Å²) in [5.41, 5.74) is 8.33. The van der Waals surface area contributed by atoms with Gasteiger partial charge in [0.15, 0.2) is 5.58 Å². The van der Waals surface area contributed by atoms with Gasteiger partial charge in [-0.15, -0.1) is 0 Å². The fourth-order valence-electron chi connectivity index (χ4n) is 2.34. The van der Waals surface area contributed by atoms with Crippen molar-refractivity contribution in [1.29, 1.82) is 0 Å². The van der Waals surface area contributed by atoms with Gasteiger partial charge in [0.2, 0.25) is 0 Å². The summed E-state index contributed by atoms with van der Waals surface area (Å²) in [4.78, 5) is 14.7. The molecule has 6 nitrogen and oxygen atoms in total. The monoisotopic (exact) mass is 325 g/mol. The molecule has 0 aliphatic carbocycles. The van der Waals surface area contributed by atoms with Gasteiger partial charge in [-0.25, -0.2) is 15.0 Å². The van der Waals surface area contributed by atoms with Crippen molar-refractivity contribution < 1.29 is 13.2 Å². The van der Waals surface area contributed by atoms with Crippen molar-refractivity contribution in [2.45, 2.75) is 6.43 Å². The molecule has 0 bridgehead atoms. The van der Waals surface area contributed by atoms with Crippen LogP contribution in [0, 0.1) is 11.8 Å². The smallest absolute Gasteiger partial charge is 0.313 e. The Morgan fingerprint density at radius 3 is 2.92 bits per heavy atom. The Hall–Kier alpha value is -3.47. The molecule has 0 radical (unpaired) electrons. The summed E-state index contributed by atoms with van der Waals surface area (Å²) < 4.78 is 30.2. The number of benzene rings is 1. The van der Waals surface area contributed by atoms with E-state index in [9.17, 15) is 8.78 Å². The van der Waals surface area contributed by atoms with Crippen molar-refractivity contribution in [3.63, 3.8) is 0 Å². The number of nitrogens with one attached hydrogen (secondary N) is 1. The maximum Gasteiger partial charge on any atom is 0.313 e. The Bertz CT molecular complexity index is 1120. The largest absolute Gasteiger partial charge is 0.435 e. The zero-order chi connectivity index (χ0) is 16.7. The number of halogens is 2. The zero-order valence-corrected chi connectivity index (χ0v) is 12.0. The van der Waals surface area contributed by atoms with Crippen LogP contribution in [0.2, 0.25) is 0 Å². The standard InChI is InChI=1S/C16H9F2N5O/c17-13(18)16-23-10-5-8(2-4-11(10)24-16)1-3-9-6-20-15-12(9)14(19)21-7-22-15/h2,4-7,13H,(H3,19,20,21,22). The number of aromatic amines is 1. The van der Waals surface area contributed by atoms with Crippen molar-refractivity contribution in [3.8, 4) is 11.8 Å². The van der Waals surface area contributed by atoms with E-state index < -0.39 is 12.3 Å². The molecule has 0 saturated heterocycles. The molecule has 24 heavy (non-hydrogen) atoms. The summed E-state index contributed by atoms with van der Waals surface area (Å²) in [6, 6.07) is 4.82. The Morgan fingerprint density at radius 2 is 2.08 bits per heavy atom. The molecular weight excluding hydrogens is 316 g/mol. The van der Waals surface area contributed by atoms with Crippen LogP contribution in [-0.4, -0.2) is 19.9 Å². The molecule has 3 aromatic heterocycles. The van der Waals surface area contributed by atoms with Gasteiger partial charge in [-0.3, -0.25) is 0 Å². The molecule has 3 N–H and O–H groups in total. The molecule has 0 atom stereocenters. The maximum atomic E-state index is 12.6. The predicted molar refractivity (Wildman–Crippen MR) is 83.2 cm³/mol. The van der Waals surface area contributed by atoms with E-state index in [1.165, 1.54) is 6.33 Å². The molecule has 4 rings (SSSR count). The lowest BCUT2D eigenvalue weighted by atomic mass is 10.2. The van der Waals surface area contributed by atoms with E-state index in [-0.39, 0.29) is 0 Å². The van der Waals surface area contributed by atoms with E-state index in [0.717, 1.165) is 0 Å². The second kappa shape index (κ2) is 5.31. The fourth-order valence-corrected chi connectivity index (χ4v) is 2.34. The van der Waals surface area contributed by atoms with Gasteiger partial charge in [-0.2, -0.15) is 8.78 Å². The number of aromatic nitrogens is 4. The van der Waals surface area contributed by atoms with Crippen LogP contribution < -0.4 is 5.73 Å². The number of fused-ring (bicyclic) bond motifs is 2. The Morgan fingerprint density at radius 1 is 1.21 bits per heavy atom. The van der Waals surface area contributed by atoms with E-state index in [4.69, 9.17) is 10.2 Å². The van der Waals surface area contributed by atoms with Crippen LogP contribution in [0.25, 0.3) is 22.1 Å². The normalized spacial score (nSPS) is 11.1. The molecule has 1 aromatic carbocycles. The van der Waals surface area contributed by atoms with Crippen LogP contribution in [0.4, 0.5) is 14.6 Å². The molecule has 4 aromatic rings. The van der Waals surface area contributed by atoms with E-state index in [1.54, 1.807) is 24.4 Å². The van der Waals surface area contributed by atoms with Gasteiger partial charge < -0.3 is 15.1 Å². The number of nitrogens with two attached hydrogens (primary N) is 1. The molecule has 0 unspecified atom stereocenters. The molecular formula is C16H9F2N5O. The number of hydrogen-bond donors (Lipinski definition) is 2. The summed E-state index contributed by atoms with van der Waals surface area (Å²) in [7, 11) is 0. The second-order valence-electron chi connectivity index (χ2n) is 4.97. The summed E-state index contributed by atoms with van der Waals surface area (Å²) in [6.45, 7) is 0. The SMILES string of the molecule is Nc1ncnc2[nH]cc(C#Cc3ccc4oc(C(F)F)nc4c3)c12. The number of nitrogens with zero attached hydrogens (tertiary/aromatic N) is 3. The molecule has 0 aliphatic heterocycles. The van der Waals surface area contributed by atoms with Gasteiger partial charge in [-0.05, 0) is 18.2 Å². The van der Waals surface area contributed by atoms with Gasteiger partial charge in [-0.1, -0.05) is 11.8 Å². The highest BCUT2D eigenvalue weighted by Crippen LogP contribution is 2.24. The van der Waals surface area contributed by atoms with E-state index >= 15 is 0 Å². The van der Waals surface area contributed by atoms with Crippen LogP contribution in [-0.2, 0) is 0 Å². The van der Waals surface area contributed by atoms with Crippen LogP contribution in [0.15, 0.2) is 35.1 Å². The van der Waals surface area contributed by atoms with Crippen molar-refractivity contribution in [1.82, 2.24) is 19.9 Å². The highest BCUT2D eigenvalue weighted by molar-refractivity contribution is 5.91. The van der Waals surface area contributed by atoms with Crippen molar-refractivity contribution in [2.75, 3.05) is 5.73 Å². The lowest BCUT2D eigenvalue weighted by molar-refractivity contribution is 0.117. The highest BCUT2D eigenvalue weighted by atomic mass is 19.3.